The topological polar surface area (TPSA) is 148 Å². The van der Waals surface area contributed by atoms with Gasteiger partial charge in [0.05, 0.1) is 30.6 Å². The van der Waals surface area contributed by atoms with Crippen LogP contribution in [0.1, 0.15) is 96.2 Å². The average molecular weight is 604 g/mol. The van der Waals surface area contributed by atoms with Gasteiger partial charge in [-0.05, 0) is 66.5 Å². The third-order valence-electron chi connectivity index (χ3n) is 5.69. The zero-order valence-corrected chi connectivity index (χ0v) is 25.8. The number of rotatable bonds is 11. The molecule has 0 saturated carbocycles. The molecule has 0 spiro atoms. The lowest BCUT2D eigenvalue weighted by Gasteiger charge is -2.25. The van der Waals surface area contributed by atoms with E-state index in [-0.39, 0.29) is 35.0 Å². The fraction of sp³-hybridized carbons (Fsp3) is 0.517. The third-order valence-corrected chi connectivity index (χ3v) is 5.90. The van der Waals surface area contributed by atoms with E-state index in [1.54, 1.807) is 53.7 Å². The van der Waals surface area contributed by atoms with Crippen LogP contribution in [-0.4, -0.2) is 55.8 Å². The van der Waals surface area contributed by atoms with Crippen LogP contribution in [0.3, 0.4) is 0 Å². The summed E-state index contributed by atoms with van der Waals surface area (Å²) < 4.78 is 22.9. The monoisotopic (exact) mass is 603 g/mol. The van der Waals surface area contributed by atoms with E-state index in [0.29, 0.717) is 36.9 Å². The van der Waals surface area contributed by atoms with Crippen LogP contribution in [0.4, 0.5) is 9.59 Å². The molecule has 0 saturated heterocycles. The van der Waals surface area contributed by atoms with E-state index in [9.17, 15) is 14.4 Å². The lowest BCUT2D eigenvalue weighted by molar-refractivity contribution is 0.0470. The number of Topliss-reactive ketones (excluding diaryl/α,β-unsaturated/α-hetero) is 1. The van der Waals surface area contributed by atoms with Gasteiger partial charge in [0.25, 0.3) is 5.89 Å². The van der Waals surface area contributed by atoms with Gasteiger partial charge in [-0.25, -0.2) is 29.1 Å². The van der Waals surface area contributed by atoms with Crippen LogP contribution >= 0.6 is 11.6 Å². The number of oxazole rings is 1. The maximum absolute atomic E-state index is 13.4. The summed E-state index contributed by atoms with van der Waals surface area (Å²) in [6.45, 7) is 10.5. The van der Waals surface area contributed by atoms with Gasteiger partial charge in [-0.15, -0.1) is 0 Å². The number of alkyl carbamates (subject to hydrolysis) is 1. The molecule has 1 atom stereocenters. The molecule has 0 aromatic carbocycles. The molecule has 3 aromatic rings. The maximum atomic E-state index is 13.4. The number of unbranched alkanes of at least 4 members (excludes halogenated alkanes) is 2. The van der Waals surface area contributed by atoms with Gasteiger partial charge in [-0.3, -0.25) is 4.79 Å². The van der Waals surface area contributed by atoms with Gasteiger partial charge in [0.15, 0.2) is 0 Å². The van der Waals surface area contributed by atoms with Crippen LogP contribution in [0.2, 0.25) is 5.15 Å². The molecule has 0 fully saturated rings. The first-order valence-corrected chi connectivity index (χ1v) is 14.0. The molecule has 228 valence electrons. The van der Waals surface area contributed by atoms with E-state index in [4.69, 9.17) is 35.2 Å². The van der Waals surface area contributed by atoms with Crippen LogP contribution in [-0.2, 0) is 9.47 Å². The molecule has 0 bridgehead atoms. The Hall–Kier alpha value is -3.93. The van der Waals surface area contributed by atoms with E-state index < -0.39 is 29.4 Å². The first-order chi connectivity index (χ1) is 19.7. The molecule has 42 heavy (non-hydrogen) atoms. The van der Waals surface area contributed by atoms with Crippen molar-refractivity contribution in [2.24, 2.45) is 0 Å². The summed E-state index contributed by atoms with van der Waals surface area (Å²) in [5, 5.41) is 3.09. The number of ketones is 1. The third kappa shape index (κ3) is 9.57. The van der Waals surface area contributed by atoms with E-state index >= 15 is 0 Å². The van der Waals surface area contributed by atoms with Gasteiger partial charge >= 0.3 is 12.2 Å². The Morgan fingerprint density at radius 3 is 2.36 bits per heavy atom. The summed E-state index contributed by atoms with van der Waals surface area (Å²) >= 11 is 6.05. The highest BCUT2D eigenvalue weighted by Crippen LogP contribution is 2.32. The summed E-state index contributed by atoms with van der Waals surface area (Å²) in [6, 6.07) is 2.53. The molecule has 0 radical (unpaired) electrons. The molecule has 1 N–H and O–H groups in total. The van der Waals surface area contributed by atoms with Gasteiger partial charge in [-0.1, -0.05) is 24.4 Å². The zero-order valence-electron chi connectivity index (χ0n) is 25.0. The molecule has 3 rings (SSSR count). The highest BCUT2D eigenvalue weighted by atomic mass is 35.5. The number of hydrogen-bond donors (Lipinski definition) is 1. The zero-order chi connectivity index (χ0) is 31.1. The SMILES string of the molecule is COc1nc(Cl)ccc1-c1cn(C(=O)OC(C)(C)C)c(C(CCCCCC(=O)c2ncco2)NC(=O)OC(C)(C)C)n1. The fourth-order valence-electron chi connectivity index (χ4n) is 3.99. The number of nitrogens with one attached hydrogen (secondary N) is 1. The predicted octanol–water partition coefficient (Wildman–Crippen LogP) is 6.78. The molecule has 0 aliphatic carbocycles. The minimum Gasteiger partial charge on any atom is -0.480 e. The molecule has 0 aliphatic heterocycles. The van der Waals surface area contributed by atoms with Crippen LogP contribution in [0, 0.1) is 0 Å². The fourth-order valence-corrected chi connectivity index (χ4v) is 4.13. The quantitative estimate of drug-likeness (QED) is 0.141. The Kier molecular flexibility index (Phi) is 10.7. The Morgan fingerprint density at radius 1 is 1.02 bits per heavy atom. The van der Waals surface area contributed by atoms with E-state index in [2.05, 4.69) is 15.3 Å². The van der Waals surface area contributed by atoms with Crippen molar-refractivity contribution in [2.75, 3.05) is 7.11 Å². The maximum Gasteiger partial charge on any atom is 0.420 e. The van der Waals surface area contributed by atoms with Crippen LogP contribution in [0.25, 0.3) is 11.3 Å². The number of hydrogen-bond acceptors (Lipinski definition) is 10. The number of methoxy groups -OCH3 is 1. The molecule has 1 amide bonds. The molecule has 3 aromatic heterocycles. The summed E-state index contributed by atoms with van der Waals surface area (Å²) in [7, 11) is 1.45. The Morgan fingerprint density at radius 2 is 1.74 bits per heavy atom. The van der Waals surface area contributed by atoms with Crippen molar-refractivity contribution >= 4 is 29.6 Å². The van der Waals surface area contributed by atoms with Gasteiger partial charge in [-0.2, -0.15) is 0 Å². The lowest BCUT2D eigenvalue weighted by atomic mass is 10.1. The van der Waals surface area contributed by atoms with Crippen molar-refractivity contribution in [3.63, 3.8) is 0 Å². The second-order valence-corrected chi connectivity index (χ2v) is 12.0. The second kappa shape index (κ2) is 13.8. The molecule has 0 aliphatic rings. The summed E-state index contributed by atoms with van der Waals surface area (Å²) in [5.41, 5.74) is -0.680. The van der Waals surface area contributed by atoms with Gasteiger partial charge in [0, 0.05) is 12.6 Å². The predicted molar refractivity (Wildman–Crippen MR) is 155 cm³/mol. The summed E-state index contributed by atoms with van der Waals surface area (Å²) in [4.78, 5) is 51.3. The highest BCUT2D eigenvalue weighted by molar-refractivity contribution is 6.29. The first kappa shape index (κ1) is 32.6. The number of carbonyl (C=O) groups excluding carboxylic acids is 3. The van der Waals surface area contributed by atoms with Crippen molar-refractivity contribution in [3.8, 4) is 17.1 Å². The number of amides is 1. The molecular weight excluding hydrogens is 566 g/mol. The van der Waals surface area contributed by atoms with Gasteiger partial charge in [0.2, 0.25) is 11.7 Å². The minimum atomic E-state index is -0.790. The molecule has 13 heteroatoms. The number of ether oxygens (including phenoxy) is 3. The lowest BCUT2D eigenvalue weighted by Crippen LogP contribution is -2.37. The Bertz CT molecular complexity index is 1370. The Balaban J connectivity index is 1.92. The van der Waals surface area contributed by atoms with E-state index in [1.165, 1.54) is 30.3 Å². The average Bonchev–Trinajstić information content (AvgIpc) is 3.56. The standard InChI is InChI=1S/C29H38ClN5O7/c1-28(2,3)41-26(37)33-19(11-9-8-10-12-21(36)25-31-15-16-40-25)23-32-20(17-35(23)27(38)42-29(4,5)6)18-13-14-22(30)34-24(18)39-7/h13-17,19H,8-12H2,1-7H3,(H,33,37). The van der Waals surface area contributed by atoms with Crippen LogP contribution < -0.4 is 10.1 Å². The summed E-state index contributed by atoms with van der Waals surface area (Å²) in [6.07, 6.45) is 5.45. The number of pyridine rings is 1. The number of carbonyl (C=O) groups is 3. The molecular formula is C29H38ClN5O7. The van der Waals surface area contributed by atoms with Crippen LogP contribution in [0.5, 0.6) is 5.88 Å². The second-order valence-electron chi connectivity index (χ2n) is 11.6. The minimum absolute atomic E-state index is 0.0819. The first-order valence-electron chi connectivity index (χ1n) is 13.6. The summed E-state index contributed by atoms with van der Waals surface area (Å²) in [5.74, 6) is 0.353. The largest absolute Gasteiger partial charge is 0.480 e. The van der Waals surface area contributed by atoms with Gasteiger partial charge < -0.3 is 23.9 Å². The highest BCUT2D eigenvalue weighted by Gasteiger charge is 2.29. The van der Waals surface area contributed by atoms with E-state index in [1.807, 2.05) is 0 Å². The van der Waals surface area contributed by atoms with Gasteiger partial charge in [0.1, 0.15) is 28.4 Å². The Labute approximate surface area is 250 Å². The number of halogens is 1. The van der Waals surface area contributed by atoms with Crippen molar-refractivity contribution in [2.45, 2.75) is 90.9 Å². The number of aromatic nitrogens is 4. The van der Waals surface area contributed by atoms with E-state index in [0.717, 1.165) is 0 Å². The smallest absolute Gasteiger partial charge is 0.420 e. The van der Waals surface area contributed by atoms with Crippen molar-refractivity contribution in [1.29, 1.82) is 0 Å². The molecule has 3 heterocycles. The van der Waals surface area contributed by atoms with Crippen LogP contribution in [0.15, 0.2) is 35.2 Å². The van der Waals surface area contributed by atoms with Crippen molar-refractivity contribution < 1.29 is 33.0 Å². The van der Waals surface area contributed by atoms with Crippen molar-refractivity contribution in [3.05, 3.63) is 47.7 Å². The number of imidazole rings is 1. The molecule has 12 nitrogen and oxygen atoms in total. The normalized spacial score (nSPS) is 12.5. The molecule has 1 unspecified atom stereocenters. The number of nitrogens with zero attached hydrogens (tertiary/aromatic N) is 4. The van der Waals surface area contributed by atoms with Crippen molar-refractivity contribution in [1.82, 2.24) is 24.8 Å².